The van der Waals surface area contributed by atoms with Gasteiger partial charge in [-0.05, 0) is 44.9 Å². The minimum atomic E-state index is -4.78. The van der Waals surface area contributed by atoms with Gasteiger partial charge < -0.3 is 24.4 Å². The first-order valence-corrected chi connectivity index (χ1v) is 18.6. The summed E-state index contributed by atoms with van der Waals surface area (Å²) in [5, 5.41) is 10.0. The molecule has 0 saturated heterocycles. The van der Waals surface area contributed by atoms with Gasteiger partial charge in [0.15, 0.2) is 6.10 Å². The summed E-state index contributed by atoms with van der Waals surface area (Å²) in [5.41, 5.74) is 0. The molecule has 3 N–H and O–H groups in total. The van der Waals surface area contributed by atoms with Crippen LogP contribution in [0.4, 0.5) is 0 Å². The molecule has 0 spiro atoms. The topological polar surface area (TPSA) is 140 Å². The largest absolute Gasteiger partial charge is 0.469 e. The van der Waals surface area contributed by atoms with E-state index in [9.17, 15) is 19.3 Å². The Morgan fingerprint density at radius 3 is 1.98 bits per heavy atom. The van der Waals surface area contributed by atoms with Crippen LogP contribution >= 0.6 is 7.82 Å². The van der Waals surface area contributed by atoms with E-state index in [4.69, 9.17) is 19.3 Å². The molecule has 0 radical (unpaired) electrons. The molecule has 0 aliphatic carbocycles. The third-order valence-electron chi connectivity index (χ3n) is 6.93. The van der Waals surface area contributed by atoms with Crippen molar-refractivity contribution in [3.05, 3.63) is 48.6 Å². The number of allylic oxidation sites excluding steroid dienone is 6. The lowest BCUT2D eigenvalue weighted by molar-refractivity contribution is -0.161. The number of hydrogen-bond acceptors (Lipinski definition) is 7. The van der Waals surface area contributed by atoms with Crippen LogP contribution in [0, 0.1) is 0 Å². The van der Waals surface area contributed by atoms with Crippen LogP contribution in [0.15, 0.2) is 48.6 Å². The molecule has 2 atom stereocenters. The standard InChI is InChI=1S/C35H61O9P/c1-3-5-7-9-11-13-15-18-22-26-32(36)27-23-19-17-21-25-29-35(38)44-33(31-43-45(39,40)41)30-42-34(37)28-24-20-16-14-12-10-8-6-4-2/h11,13,17-19,22-23,27,32-33,36H,3-10,12,14-16,20-21,24-26,28-31H2,1-2H3,(H2,39,40,41)/b13-11-,19-17+,22-18-,27-23-/t32?,33-/m1/s1. The van der Waals surface area contributed by atoms with Gasteiger partial charge in [-0.15, -0.1) is 0 Å². The normalized spacial score (nSPS) is 13.8. The van der Waals surface area contributed by atoms with Crippen molar-refractivity contribution in [2.45, 2.75) is 148 Å². The number of unbranched alkanes of at least 4 members (excludes halogenated alkanes) is 12. The zero-order chi connectivity index (χ0) is 33.4. The van der Waals surface area contributed by atoms with Crippen molar-refractivity contribution in [3.8, 4) is 0 Å². The van der Waals surface area contributed by atoms with Gasteiger partial charge in [0.1, 0.15) is 6.61 Å². The number of phosphoric ester groups is 1. The van der Waals surface area contributed by atoms with Crippen LogP contribution in [-0.2, 0) is 28.2 Å². The van der Waals surface area contributed by atoms with Crippen molar-refractivity contribution in [2.24, 2.45) is 0 Å². The van der Waals surface area contributed by atoms with Crippen LogP contribution in [0.2, 0.25) is 0 Å². The predicted molar refractivity (Wildman–Crippen MR) is 180 cm³/mol. The van der Waals surface area contributed by atoms with Gasteiger partial charge in [-0.3, -0.25) is 14.1 Å². The number of hydrogen-bond donors (Lipinski definition) is 3. The number of aliphatic hydroxyl groups excluding tert-OH is 1. The Balaban J connectivity index is 4.24. The third kappa shape index (κ3) is 33.2. The number of rotatable bonds is 30. The maximum absolute atomic E-state index is 12.3. The van der Waals surface area contributed by atoms with Gasteiger partial charge in [0.2, 0.25) is 0 Å². The number of ether oxygens (including phenoxy) is 2. The predicted octanol–water partition coefficient (Wildman–Crippen LogP) is 8.59. The van der Waals surface area contributed by atoms with Crippen LogP contribution in [0.25, 0.3) is 0 Å². The van der Waals surface area contributed by atoms with E-state index >= 15 is 0 Å². The molecular weight excluding hydrogens is 595 g/mol. The molecule has 0 bridgehead atoms. The molecule has 260 valence electrons. The number of carbonyl (C=O) groups excluding carboxylic acids is 2. The summed E-state index contributed by atoms with van der Waals surface area (Å²) in [6.45, 7) is 3.47. The summed E-state index contributed by atoms with van der Waals surface area (Å²) in [5.74, 6) is -1.02. The monoisotopic (exact) mass is 656 g/mol. The van der Waals surface area contributed by atoms with Gasteiger partial charge in [0.25, 0.3) is 0 Å². The molecule has 9 nitrogen and oxygen atoms in total. The first-order chi connectivity index (χ1) is 21.7. The first-order valence-electron chi connectivity index (χ1n) is 17.0. The highest BCUT2D eigenvalue weighted by molar-refractivity contribution is 7.46. The zero-order valence-corrected chi connectivity index (χ0v) is 28.8. The molecule has 0 aromatic carbocycles. The van der Waals surface area contributed by atoms with Crippen molar-refractivity contribution >= 4 is 19.8 Å². The fraction of sp³-hybridized carbons (Fsp3) is 0.714. The Hall–Kier alpha value is -2.03. The molecule has 0 saturated carbocycles. The van der Waals surface area contributed by atoms with E-state index in [0.717, 1.165) is 32.1 Å². The maximum Gasteiger partial charge on any atom is 0.469 e. The van der Waals surface area contributed by atoms with Gasteiger partial charge in [0.05, 0.1) is 12.7 Å². The fourth-order valence-electron chi connectivity index (χ4n) is 4.33. The number of phosphoric acid groups is 1. The molecule has 0 heterocycles. The minimum Gasteiger partial charge on any atom is -0.462 e. The van der Waals surface area contributed by atoms with Crippen LogP contribution < -0.4 is 0 Å². The molecule has 45 heavy (non-hydrogen) atoms. The number of esters is 2. The van der Waals surface area contributed by atoms with Gasteiger partial charge in [-0.2, -0.15) is 0 Å². The van der Waals surface area contributed by atoms with E-state index in [1.54, 1.807) is 18.2 Å². The maximum atomic E-state index is 12.3. The second kappa shape index (κ2) is 30.6. The Bertz CT molecular complexity index is 892. The number of carbonyl (C=O) groups is 2. The first kappa shape index (κ1) is 43.0. The van der Waals surface area contributed by atoms with E-state index in [1.165, 1.54) is 51.4 Å². The smallest absolute Gasteiger partial charge is 0.462 e. The molecule has 0 fully saturated rings. The average molecular weight is 657 g/mol. The van der Waals surface area contributed by atoms with E-state index in [0.29, 0.717) is 25.7 Å². The Morgan fingerprint density at radius 2 is 1.29 bits per heavy atom. The summed E-state index contributed by atoms with van der Waals surface area (Å²) in [6.07, 6.45) is 31.6. The lowest BCUT2D eigenvalue weighted by Gasteiger charge is -2.18. The van der Waals surface area contributed by atoms with Crippen molar-refractivity contribution in [1.29, 1.82) is 0 Å². The second-order valence-electron chi connectivity index (χ2n) is 11.3. The molecule has 0 aromatic heterocycles. The van der Waals surface area contributed by atoms with Gasteiger partial charge in [-0.1, -0.05) is 127 Å². The summed E-state index contributed by atoms with van der Waals surface area (Å²) < 4.78 is 26.1. The molecule has 0 aromatic rings. The second-order valence-corrected chi connectivity index (χ2v) is 12.6. The third-order valence-corrected chi connectivity index (χ3v) is 7.42. The van der Waals surface area contributed by atoms with Gasteiger partial charge in [0, 0.05) is 12.8 Å². The Kier molecular flexibility index (Phi) is 29.2. The molecular formula is C35H61O9P. The summed E-state index contributed by atoms with van der Waals surface area (Å²) in [7, 11) is -4.78. The molecule has 0 aliphatic rings. The zero-order valence-electron chi connectivity index (χ0n) is 27.9. The highest BCUT2D eigenvalue weighted by atomic mass is 31.2. The lowest BCUT2D eigenvalue weighted by Crippen LogP contribution is -2.29. The van der Waals surface area contributed by atoms with E-state index < -0.39 is 38.6 Å². The minimum absolute atomic E-state index is 0.0767. The summed E-state index contributed by atoms with van der Waals surface area (Å²) >= 11 is 0. The van der Waals surface area contributed by atoms with Crippen molar-refractivity contribution < 1.29 is 43.0 Å². The Labute approximate surface area is 272 Å². The SMILES string of the molecule is CCCCC/C=C\C/C=C\CC(O)/C=C\C=C\CCCC(=O)O[C@H](COC(=O)CCCCCCCCCCC)COP(=O)(O)O. The highest BCUT2D eigenvalue weighted by Crippen LogP contribution is 2.35. The van der Waals surface area contributed by atoms with E-state index in [-0.39, 0.29) is 19.4 Å². The van der Waals surface area contributed by atoms with E-state index in [1.807, 2.05) is 18.2 Å². The summed E-state index contributed by atoms with van der Waals surface area (Å²) in [6, 6.07) is 0. The molecule has 1 unspecified atom stereocenters. The van der Waals surface area contributed by atoms with Crippen LogP contribution in [0.5, 0.6) is 0 Å². The quantitative estimate of drug-likeness (QED) is 0.0228. The number of aliphatic hydroxyl groups is 1. The fourth-order valence-corrected chi connectivity index (χ4v) is 4.69. The highest BCUT2D eigenvalue weighted by Gasteiger charge is 2.22. The molecule has 0 aliphatic heterocycles. The molecule has 10 heteroatoms. The van der Waals surface area contributed by atoms with Crippen LogP contribution in [-0.4, -0.2) is 52.3 Å². The summed E-state index contributed by atoms with van der Waals surface area (Å²) in [4.78, 5) is 42.4. The van der Waals surface area contributed by atoms with Gasteiger partial charge in [-0.25, -0.2) is 4.57 Å². The molecule has 0 rings (SSSR count). The van der Waals surface area contributed by atoms with Crippen LogP contribution in [0.3, 0.4) is 0 Å². The lowest BCUT2D eigenvalue weighted by atomic mass is 10.1. The van der Waals surface area contributed by atoms with Crippen molar-refractivity contribution in [2.75, 3.05) is 13.2 Å². The van der Waals surface area contributed by atoms with E-state index in [2.05, 4.69) is 30.5 Å². The van der Waals surface area contributed by atoms with Crippen LogP contribution in [0.1, 0.15) is 136 Å². The van der Waals surface area contributed by atoms with Crippen molar-refractivity contribution in [3.63, 3.8) is 0 Å². The van der Waals surface area contributed by atoms with Gasteiger partial charge >= 0.3 is 19.8 Å². The Morgan fingerprint density at radius 1 is 0.689 bits per heavy atom. The average Bonchev–Trinajstić information content (AvgIpc) is 2.99. The van der Waals surface area contributed by atoms with Crippen molar-refractivity contribution in [1.82, 2.24) is 0 Å². The molecule has 0 amide bonds.